The highest BCUT2D eigenvalue weighted by atomic mass is 19.1. The van der Waals surface area contributed by atoms with E-state index in [1.165, 1.54) is 10.6 Å². The molecule has 0 fully saturated rings. The molecule has 0 radical (unpaired) electrons. The van der Waals surface area contributed by atoms with Crippen molar-refractivity contribution in [3.8, 4) is 11.4 Å². The monoisotopic (exact) mass is 649 g/mol. The summed E-state index contributed by atoms with van der Waals surface area (Å²) < 4.78 is 27.1. The molecule has 3 atom stereocenters. The van der Waals surface area contributed by atoms with Gasteiger partial charge in [-0.2, -0.15) is 0 Å². The molecule has 1 aliphatic carbocycles. The topological polar surface area (TPSA) is 192 Å². The lowest BCUT2D eigenvalue weighted by molar-refractivity contribution is -0.172. The Labute approximate surface area is 268 Å². The van der Waals surface area contributed by atoms with Crippen LogP contribution in [0.5, 0.6) is 0 Å². The van der Waals surface area contributed by atoms with Gasteiger partial charge in [0.1, 0.15) is 24.1 Å². The van der Waals surface area contributed by atoms with E-state index in [-0.39, 0.29) is 30.7 Å². The van der Waals surface area contributed by atoms with Crippen molar-refractivity contribution in [2.24, 2.45) is 5.73 Å². The van der Waals surface area contributed by atoms with Gasteiger partial charge in [0.15, 0.2) is 5.60 Å². The van der Waals surface area contributed by atoms with Crippen LogP contribution < -0.4 is 21.9 Å². The van der Waals surface area contributed by atoms with Crippen LogP contribution >= 0.6 is 0 Å². The van der Waals surface area contributed by atoms with Gasteiger partial charge in [0.25, 0.3) is 5.56 Å². The molecule has 47 heavy (non-hydrogen) atoms. The molecule has 1 aromatic carbocycles. The third-order valence-electron chi connectivity index (χ3n) is 9.11. The zero-order chi connectivity index (χ0) is 34.2. The molecule has 3 amide bonds. The van der Waals surface area contributed by atoms with Crippen LogP contribution in [0.2, 0.25) is 0 Å². The molecular weight excluding hydrogens is 613 g/mol. The number of nitrogens with two attached hydrogens (primary N) is 1. The number of carbonyl (C=O) groups excluding carboxylic acids is 4. The summed E-state index contributed by atoms with van der Waals surface area (Å²) in [6.07, 6.45) is -0.695. The van der Waals surface area contributed by atoms with Crippen molar-refractivity contribution in [3.63, 3.8) is 0 Å². The minimum atomic E-state index is -2.03. The van der Waals surface area contributed by atoms with Crippen molar-refractivity contribution in [1.82, 2.24) is 20.2 Å². The zero-order valence-electron chi connectivity index (χ0n) is 26.7. The van der Waals surface area contributed by atoms with Gasteiger partial charge in [0.05, 0.1) is 41.5 Å². The molecule has 248 valence electrons. The largest absolute Gasteiger partial charge is 0.458 e. The average molecular weight is 650 g/mol. The molecule has 3 aliphatic rings. The molecule has 2 aliphatic heterocycles. The second kappa shape index (κ2) is 11.1. The second-order valence-electron chi connectivity index (χ2n) is 13.3. The van der Waals surface area contributed by atoms with Crippen molar-refractivity contribution in [1.29, 1.82) is 0 Å². The van der Waals surface area contributed by atoms with Crippen molar-refractivity contribution >= 4 is 34.8 Å². The minimum absolute atomic E-state index is 0.0310. The normalized spacial score (nSPS) is 20.1. The first-order valence-electron chi connectivity index (χ1n) is 15.4. The smallest absolute Gasteiger partial charge is 0.408 e. The number of hydrogen-bond acceptors (Lipinski definition) is 9. The fraction of sp³-hybridized carbons (Fsp3) is 0.455. The molecule has 0 saturated heterocycles. The highest BCUT2D eigenvalue weighted by Gasteiger charge is 2.46. The van der Waals surface area contributed by atoms with Crippen LogP contribution in [0, 0.1) is 12.7 Å². The zero-order valence-corrected chi connectivity index (χ0v) is 26.7. The van der Waals surface area contributed by atoms with Crippen molar-refractivity contribution in [3.05, 3.63) is 61.7 Å². The number of amides is 3. The maximum Gasteiger partial charge on any atom is 0.408 e. The number of nitrogens with one attached hydrogen (secondary N) is 2. The Morgan fingerprint density at radius 3 is 2.62 bits per heavy atom. The van der Waals surface area contributed by atoms with E-state index in [9.17, 15) is 29.1 Å². The van der Waals surface area contributed by atoms with Gasteiger partial charge in [-0.1, -0.05) is 6.92 Å². The summed E-state index contributed by atoms with van der Waals surface area (Å²) in [4.78, 5) is 69.4. The summed E-state index contributed by atoms with van der Waals surface area (Å²) in [6, 6.07) is 0.834. The van der Waals surface area contributed by atoms with Crippen LogP contribution in [0.15, 0.2) is 16.9 Å². The molecule has 0 saturated carbocycles. The lowest BCUT2D eigenvalue weighted by atomic mass is 9.81. The fourth-order valence-electron chi connectivity index (χ4n) is 6.83. The molecule has 2 aromatic heterocycles. The molecule has 13 nitrogen and oxygen atoms in total. The number of alkyl carbamates (subject to hydrolysis) is 1. The Morgan fingerprint density at radius 2 is 1.96 bits per heavy atom. The number of aryl methyl sites for hydroxylation is 1. The van der Waals surface area contributed by atoms with E-state index < -0.39 is 65.0 Å². The number of halogens is 1. The highest BCUT2D eigenvalue weighted by molar-refractivity contribution is 5.95. The quantitative estimate of drug-likeness (QED) is 0.227. The number of esters is 1. The van der Waals surface area contributed by atoms with Gasteiger partial charge in [-0.05, 0) is 69.7 Å². The predicted octanol–water partition coefficient (Wildman–Crippen LogP) is 2.40. The maximum absolute atomic E-state index is 15.2. The van der Waals surface area contributed by atoms with Gasteiger partial charge in [-0.25, -0.2) is 19.0 Å². The van der Waals surface area contributed by atoms with E-state index in [2.05, 4.69) is 10.6 Å². The molecular formula is C33H36FN5O8. The van der Waals surface area contributed by atoms with Crippen LogP contribution in [-0.4, -0.2) is 50.2 Å². The molecule has 5 N–H and O–H groups in total. The number of nitrogens with zero attached hydrogens (tertiary/aromatic N) is 2. The van der Waals surface area contributed by atoms with Gasteiger partial charge in [-0.15, -0.1) is 0 Å². The maximum atomic E-state index is 15.2. The third-order valence-corrected chi connectivity index (χ3v) is 9.11. The minimum Gasteiger partial charge on any atom is -0.458 e. The van der Waals surface area contributed by atoms with Crippen molar-refractivity contribution in [2.45, 2.75) is 96.7 Å². The molecule has 4 heterocycles. The number of hydrogen-bond donors (Lipinski definition) is 4. The van der Waals surface area contributed by atoms with E-state index in [1.54, 1.807) is 40.7 Å². The van der Waals surface area contributed by atoms with Crippen molar-refractivity contribution < 1.29 is 38.1 Å². The van der Waals surface area contributed by atoms with Gasteiger partial charge in [0, 0.05) is 22.6 Å². The summed E-state index contributed by atoms with van der Waals surface area (Å²) in [6.45, 7) is 8.00. The van der Waals surface area contributed by atoms with E-state index in [4.69, 9.17) is 20.2 Å². The number of aromatic nitrogens is 2. The first-order chi connectivity index (χ1) is 22.0. The van der Waals surface area contributed by atoms with Gasteiger partial charge in [-0.3, -0.25) is 14.4 Å². The van der Waals surface area contributed by atoms with E-state index >= 15 is 4.39 Å². The number of pyridine rings is 2. The van der Waals surface area contributed by atoms with Crippen LogP contribution in [0.4, 0.5) is 9.18 Å². The lowest BCUT2D eigenvalue weighted by Gasteiger charge is -2.31. The Kier molecular flexibility index (Phi) is 7.61. The molecule has 0 spiro atoms. The van der Waals surface area contributed by atoms with Gasteiger partial charge in [0.2, 0.25) is 11.8 Å². The summed E-state index contributed by atoms with van der Waals surface area (Å²) >= 11 is 0. The van der Waals surface area contributed by atoms with Gasteiger partial charge < -0.3 is 35.5 Å². The fourth-order valence-corrected chi connectivity index (χ4v) is 6.83. The van der Waals surface area contributed by atoms with Crippen LogP contribution in [-0.2, 0) is 49.0 Å². The van der Waals surface area contributed by atoms with E-state index in [0.29, 0.717) is 51.8 Å². The first-order valence-corrected chi connectivity index (χ1v) is 15.4. The Morgan fingerprint density at radius 1 is 1.23 bits per heavy atom. The number of rotatable bonds is 6. The number of ether oxygens (including phenoxy) is 2. The summed E-state index contributed by atoms with van der Waals surface area (Å²) in [5, 5.41) is 17.3. The molecule has 6 rings (SSSR count). The number of fused-ring (bicyclic) bond motifs is 5. The Bertz CT molecular complexity index is 1970. The van der Waals surface area contributed by atoms with E-state index in [0.717, 1.165) is 5.56 Å². The number of cyclic esters (lactones) is 1. The molecule has 0 unspecified atom stereocenters. The molecule has 14 heteroatoms. The highest BCUT2D eigenvalue weighted by Crippen LogP contribution is 2.46. The average Bonchev–Trinajstić information content (AvgIpc) is 3.35. The van der Waals surface area contributed by atoms with Gasteiger partial charge >= 0.3 is 12.1 Å². The molecule has 0 bridgehead atoms. The van der Waals surface area contributed by atoms with Crippen LogP contribution in [0.25, 0.3) is 22.3 Å². The Hall–Kier alpha value is -4.85. The predicted molar refractivity (Wildman–Crippen MR) is 165 cm³/mol. The lowest BCUT2D eigenvalue weighted by Crippen LogP contribution is -2.50. The number of benzene rings is 1. The standard InChI is InChI=1S/C33H36FN5O8/c1-6-33(45)18-9-23-27-16(12-39(23)29(42)17(18)13-46-30(33)43)26-20(8-7-15-14(2)19(34)10-21(36-27)25(15)26)37-28(41)22(11-24(35)40)38-31(44)47-32(3,4)5/h9-10,20,22,45H,6-8,11-13H2,1-5H3,(H2,35,40)(H,37,41)(H,38,44)/t20-,22-,33-/m0/s1. The van der Waals surface area contributed by atoms with Crippen molar-refractivity contribution in [2.75, 3.05) is 0 Å². The number of carbonyl (C=O) groups is 4. The van der Waals surface area contributed by atoms with E-state index in [1.807, 2.05) is 0 Å². The summed E-state index contributed by atoms with van der Waals surface area (Å²) in [5.41, 5.74) is 5.72. The second-order valence-corrected chi connectivity index (χ2v) is 13.3. The molecule has 3 aromatic rings. The summed E-state index contributed by atoms with van der Waals surface area (Å²) in [7, 11) is 0. The van der Waals surface area contributed by atoms with Crippen LogP contribution in [0.3, 0.4) is 0 Å². The van der Waals surface area contributed by atoms with Crippen LogP contribution in [0.1, 0.15) is 86.4 Å². The summed E-state index contributed by atoms with van der Waals surface area (Å²) in [5.74, 6) is -2.82. The number of primary amides is 1. The first kappa shape index (κ1) is 32.1. The SMILES string of the molecule is CC[C@@]1(O)C(=O)OCc2c1cc1n(c2=O)Cc2c-1nc1cc(F)c(C)c3c1c2[C@@H](NC(=O)[C@H](CC(N)=O)NC(=O)OC(C)(C)C)CC3. The Balaban J connectivity index is 1.48. The third kappa shape index (κ3) is 5.29. The number of aliphatic hydroxyl groups is 1.